The molecule has 7 heteroatoms. The monoisotopic (exact) mass is 389 g/mol. The lowest BCUT2D eigenvalue weighted by Crippen LogP contribution is -2.28. The van der Waals surface area contributed by atoms with Gasteiger partial charge in [-0.2, -0.15) is 11.3 Å². The Balaban J connectivity index is 1.66. The van der Waals surface area contributed by atoms with Crippen LogP contribution < -0.4 is 14.8 Å². The number of methoxy groups -OCH3 is 2. The predicted molar refractivity (Wildman–Crippen MR) is 104 cm³/mol. The summed E-state index contributed by atoms with van der Waals surface area (Å²) in [6.45, 7) is 0.114. The van der Waals surface area contributed by atoms with E-state index < -0.39 is 6.10 Å². The number of nitrogens with one attached hydrogen (secondary N) is 1. The predicted octanol–water partition coefficient (Wildman–Crippen LogP) is 3.96. The molecule has 1 amide bonds. The van der Waals surface area contributed by atoms with Crippen LogP contribution in [-0.4, -0.2) is 31.8 Å². The average molecular weight is 389 g/mol. The lowest BCUT2D eigenvalue weighted by molar-refractivity contribution is 0.0914. The number of hydrogen-bond acceptors (Lipinski definition) is 6. The molecule has 3 aromatic rings. The van der Waals surface area contributed by atoms with Crippen LogP contribution in [-0.2, 0) is 0 Å². The number of benzene rings is 1. The zero-order valence-electron chi connectivity index (χ0n) is 14.4. The number of para-hydroxylation sites is 1. The van der Waals surface area contributed by atoms with E-state index in [9.17, 15) is 9.90 Å². The maximum Gasteiger partial charge on any atom is 0.255 e. The van der Waals surface area contributed by atoms with E-state index in [0.29, 0.717) is 17.1 Å². The van der Waals surface area contributed by atoms with Crippen LogP contribution in [0.3, 0.4) is 0 Å². The van der Waals surface area contributed by atoms with Gasteiger partial charge in [0.2, 0.25) is 0 Å². The first-order valence-electron chi connectivity index (χ1n) is 7.93. The molecular formula is C19H19NO4S2. The summed E-state index contributed by atoms with van der Waals surface area (Å²) in [7, 11) is 3.01. The van der Waals surface area contributed by atoms with Gasteiger partial charge in [-0.25, -0.2) is 0 Å². The summed E-state index contributed by atoms with van der Waals surface area (Å²) in [5.41, 5.74) is 1.51. The minimum Gasteiger partial charge on any atom is -0.493 e. The fraction of sp³-hybridized carbons (Fsp3) is 0.211. The Morgan fingerprint density at radius 2 is 2.04 bits per heavy atom. The highest BCUT2D eigenvalue weighted by molar-refractivity contribution is 7.16. The minimum absolute atomic E-state index is 0.114. The van der Waals surface area contributed by atoms with E-state index in [0.717, 1.165) is 15.3 Å². The van der Waals surface area contributed by atoms with Crippen LogP contribution in [0.2, 0.25) is 0 Å². The van der Waals surface area contributed by atoms with E-state index in [4.69, 9.17) is 9.47 Å². The van der Waals surface area contributed by atoms with Crippen LogP contribution in [0.15, 0.2) is 47.2 Å². The molecule has 3 rings (SSSR count). The number of rotatable bonds is 7. The highest BCUT2D eigenvalue weighted by atomic mass is 32.1. The van der Waals surface area contributed by atoms with E-state index in [1.165, 1.54) is 25.6 Å². The number of hydrogen-bond donors (Lipinski definition) is 2. The van der Waals surface area contributed by atoms with E-state index in [1.807, 2.05) is 23.6 Å². The van der Waals surface area contributed by atoms with Crippen molar-refractivity contribution in [2.75, 3.05) is 20.8 Å². The standard InChI is InChI=1S/C19H19NO4S2/c1-23-15-5-3-4-13(18(15)24-2)19(22)20-10-14(21)17-7-6-16(26-17)12-8-9-25-11-12/h3-9,11,14,21H,10H2,1-2H3,(H,20,22). The summed E-state index contributed by atoms with van der Waals surface area (Å²) in [5.74, 6) is 0.534. The van der Waals surface area contributed by atoms with Gasteiger partial charge in [0.05, 0.1) is 19.8 Å². The fourth-order valence-corrected chi connectivity index (χ4v) is 4.26. The molecule has 1 aromatic carbocycles. The summed E-state index contributed by atoms with van der Waals surface area (Å²) in [6.07, 6.45) is -0.770. The van der Waals surface area contributed by atoms with Gasteiger partial charge in [0.25, 0.3) is 5.91 Å². The highest BCUT2D eigenvalue weighted by Crippen LogP contribution is 2.33. The van der Waals surface area contributed by atoms with Crippen molar-refractivity contribution in [2.45, 2.75) is 6.10 Å². The zero-order valence-corrected chi connectivity index (χ0v) is 16.0. The molecule has 2 aromatic heterocycles. The lowest BCUT2D eigenvalue weighted by Gasteiger charge is -2.14. The van der Waals surface area contributed by atoms with E-state index in [-0.39, 0.29) is 12.5 Å². The molecule has 0 spiro atoms. The molecule has 0 radical (unpaired) electrons. The molecule has 2 heterocycles. The van der Waals surface area contributed by atoms with Gasteiger partial charge >= 0.3 is 0 Å². The van der Waals surface area contributed by atoms with Crippen molar-refractivity contribution in [1.82, 2.24) is 5.32 Å². The first kappa shape index (κ1) is 18.4. The zero-order chi connectivity index (χ0) is 18.5. The topological polar surface area (TPSA) is 67.8 Å². The SMILES string of the molecule is COc1cccc(C(=O)NCC(O)c2ccc(-c3ccsc3)s2)c1OC. The average Bonchev–Trinajstić information content (AvgIpc) is 3.36. The van der Waals surface area contributed by atoms with Crippen LogP contribution in [0.5, 0.6) is 11.5 Å². The highest BCUT2D eigenvalue weighted by Gasteiger charge is 2.18. The van der Waals surface area contributed by atoms with Gasteiger partial charge in [-0.15, -0.1) is 11.3 Å². The van der Waals surface area contributed by atoms with Crippen molar-refractivity contribution in [3.63, 3.8) is 0 Å². The Bertz CT molecular complexity index is 874. The quantitative estimate of drug-likeness (QED) is 0.642. The smallest absolute Gasteiger partial charge is 0.255 e. The lowest BCUT2D eigenvalue weighted by atomic mass is 10.1. The number of carbonyl (C=O) groups excluding carboxylic acids is 1. The Kier molecular flexibility index (Phi) is 5.92. The number of thiophene rings is 2. The first-order valence-corrected chi connectivity index (χ1v) is 9.69. The molecule has 1 atom stereocenters. The van der Waals surface area contributed by atoms with Crippen molar-refractivity contribution in [2.24, 2.45) is 0 Å². The van der Waals surface area contributed by atoms with E-state index in [2.05, 4.69) is 10.7 Å². The van der Waals surface area contributed by atoms with Crippen molar-refractivity contribution < 1.29 is 19.4 Å². The molecule has 2 N–H and O–H groups in total. The second kappa shape index (κ2) is 8.35. The van der Waals surface area contributed by atoms with Crippen LogP contribution in [0.4, 0.5) is 0 Å². The van der Waals surface area contributed by atoms with Crippen LogP contribution in [0, 0.1) is 0 Å². The summed E-state index contributed by atoms with van der Waals surface area (Å²) >= 11 is 3.16. The van der Waals surface area contributed by atoms with Crippen molar-refractivity contribution in [1.29, 1.82) is 0 Å². The normalized spacial score (nSPS) is 11.8. The molecule has 0 bridgehead atoms. The van der Waals surface area contributed by atoms with Gasteiger partial charge in [0, 0.05) is 21.9 Å². The maximum atomic E-state index is 12.5. The Morgan fingerprint density at radius 3 is 2.73 bits per heavy atom. The summed E-state index contributed by atoms with van der Waals surface area (Å²) in [5, 5.41) is 17.2. The molecule has 0 saturated heterocycles. The van der Waals surface area contributed by atoms with Gasteiger partial charge in [-0.1, -0.05) is 6.07 Å². The van der Waals surface area contributed by atoms with Gasteiger partial charge in [0.15, 0.2) is 11.5 Å². The largest absolute Gasteiger partial charge is 0.493 e. The number of aliphatic hydroxyl groups excluding tert-OH is 1. The van der Waals surface area contributed by atoms with Crippen molar-refractivity contribution >= 4 is 28.6 Å². The molecule has 5 nitrogen and oxygen atoms in total. The second-order valence-corrected chi connectivity index (χ2v) is 7.38. The van der Waals surface area contributed by atoms with Gasteiger partial charge in [0.1, 0.15) is 6.10 Å². The molecule has 136 valence electrons. The fourth-order valence-electron chi connectivity index (χ4n) is 2.54. The molecule has 0 aliphatic rings. The summed E-state index contributed by atoms with van der Waals surface area (Å²) in [6, 6.07) is 11.0. The van der Waals surface area contributed by atoms with E-state index >= 15 is 0 Å². The van der Waals surface area contributed by atoms with Crippen LogP contribution in [0.25, 0.3) is 10.4 Å². The van der Waals surface area contributed by atoms with E-state index in [1.54, 1.807) is 29.5 Å². The number of aliphatic hydroxyl groups is 1. The number of carbonyl (C=O) groups is 1. The molecule has 0 aliphatic carbocycles. The Morgan fingerprint density at radius 1 is 1.19 bits per heavy atom. The Labute approximate surface area is 159 Å². The Hall–Kier alpha value is -2.35. The minimum atomic E-state index is -0.770. The summed E-state index contributed by atoms with van der Waals surface area (Å²) < 4.78 is 10.5. The molecular weight excluding hydrogens is 370 g/mol. The molecule has 1 unspecified atom stereocenters. The summed E-state index contributed by atoms with van der Waals surface area (Å²) in [4.78, 5) is 14.4. The molecule has 0 saturated carbocycles. The van der Waals surface area contributed by atoms with Crippen molar-refractivity contribution in [3.8, 4) is 21.9 Å². The molecule has 0 fully saturated rings. The van der Waals surface area contributed by atoms with Crippen LogP contribution in [0.1, 0.15) is 21.3 Å². The van der Waals surface area contributed by atoms with Gasteiger partial charge in [-0.05, 0) is 41.1 Å². The third-order valence-corrected chi connectivity index (χ3v) is 5.78. The molecule has 0 aliphatic heterocycles. The third kappa shape index (κ3) is 3.90. The molecule has 26 heavy (non-hydrogen) atoms. The first-order chi connectivity index (χ1) is 12.6. The second-order valence-electron chi connectivity index (χ2n) is 5.48. The maximum absolute atomic E-state index is 12.5. The number of amides is 1. The van der Waals surface area contributed by atoms with Gasteiger partial charge < -0.3 is 19.9 Å². The third-order valence-electron chi connectivity index (χ3n) is 3.86. The van der Waals surface area contributed by atoms with Crippen molar-refractivity contribution in [3.05, 3.63) is 57.6 Å². The van der Waals surface area contributed by atoms with Crippen LogP contribution >= 0.6 is 22.7 Å². The number of ether oxygens (including phenoxy) is 2. The van der Waals surface area contributed by atoms with Gasteiger partial charge in [-0.3, -0.25) is 4.79 Å².